The number of carbonyl (C=O) groups is 1. The molecule has 0 unspecified atom stereocenters. The summed E-state index contributed by atoms with van der Waals surface area (Å²) in [6.07, 6.45) is -0.313. The lowest BCUT2D eigenvalue weighted by atomic mass is 10.0. The van der Waals surface area contributed by atoms with Crippen LogP contribution in [-0.2, 0) is 0 Å². The summed E-state index contributed by atoms with van der Waals surface area (Å²) in [7, 11) is 0. The quantitative estimate of drug-likeness (QED) is 0.919. The number of benzene rings is 1. The van der Waals surface area contributed by atoms with Gasteiger partial charge in [0.25, 0.3) is 5.91 Å². The number of carbonyl (C=O) groups excluding carboxylic acids is 1. The zero-order valence-corrected chi connectivity index (χ0v) is 13.1. The van der Waals surface area contributed by atoms with E-state index in [1.807, 2.05) is 6.07 Å². The summed E-state index contributed by atoms with van der Waals surface area (Å²) in [6, 6.07) is 10.7. The molecule has 2 heterocycles. The van der Waals surface area contributed by atoms with E-state index in [4.69, 9.17) is 5.26 Å². The van der Waals surface area contributed by atoms with E-state index in [0.717, 1.165) is 0 Å². The second-order valence-electron chi connectivity index (χ2n) is 5.86. The highest BCUT2D eigenvalue weighted by Crippen LogP contribution is 2.33. The first-order chi connectivity index (χ1) is 11.5. The SMILES string of the molecule is Cc1nc(C(=O)N2C[C@H](O)C[C@@H]2c2cccc(F)c2)ccc1C#N. The van der Waals surface area contributed by atoms with E-state index in [9.17, 15) is 14.3 Å². The number of amides is 1. The molecule has 24 heavy (non-hydrogen) atoms. The number of hydrogen-bond donors (Lipinski definition) is 1. The van der Waals surface area contributed by atoms with Gasteiger partial charge < -0.3 is 10.0 Å². The normalized spacial score (nSPS) is 20.0. The maximum Gasteiger partial charge on any atom is 0.273 e. The van der Waals surface area contributed by atoms with E-state index >= 15 is 0 Å². The molecule has 2 atom stereocenters. The molecule has 1 aliphatic heterocycles. The number of aryl methyl sites for hydroxylation is 1. The second-order valence-corrected chi connectivity index (χ2v) is 5.86. The van der Waals surface area contributed by atoms with Crippen LogP contribution in [0.25, 0.3) is 0 Å². The van der Waals surface area contributed by atoms with Crippen molar-refractivity contribution in [1.29, 1.82) is 5.26 Å². The fourth-order valence-electron chi connectivity index (χ4n) is 3.01. The van der Waals surface area contributed by atoms with Crippen LogP contribution in [0.1, 0.15) is 39.8 Å². The van der Waals surface area contributed by atoms with Gasteiger partial charge >= 0.3 is 0 Å². The van der Waals surface area contributed by atoms with Gasteiger partial charge in [-0.25, -0.2) is 9.37 Å². The molecule has 3 rings (SSSR count). The van der Waals surface area contributed by atoms with Crippen molar-refractivity contribution in [2.24, 2.45) is 0 Å². The molecule has 1 saturated heterocycles. The van der Waals surface area contributed by atoms with Crippen molar-refractivity contribution >= 4 is 5.91 Å². The van der Waals surface area contributed by atoms with E-state index in [2.05, 4.69) is 4.98 Å². The van der Waals surface area contributed by atoms with Crippen LogP contribution in [0.2, 0.25) is 0 Å². The van der Waals surface area contributed by atoms with E-state index in [1.165, 1.54) is 23.1 Å². The number of aliphatic hydroxyl groups excluding tert-OH is 1. The van der Waals surface area contributed by atoms with E-state index in [0.29, 0.717) is 23.2 Å². The number of nitrogens with zero attached hydrogens (tertiary/aromatic N) is 3. The molecule has 0 spiro atoms. The smallest absolute Gasteiger partial charge is 0.273 e. The predicted octanol–water partition coefficient (Wildman–Crippen LogP) is 2.35. The van der Waals surface area contributed by atoms with Gasteiger partial charge in [0.05, 0.1) is 23.4 Å². The standard InChI is InChI=1S/C18H16FN3O2/c1-11-13(9-20)5-6-16(21-11)18(24)22-10-15(23)8-17(22)12-3-2-4-14(19)7-12/h2-7,15,17,23H,8,10H2,1H3/t15-,17-/m1/s1. The molecule has 1 aromatic heterocycles. The number of aliphatic hydroxyl groups is 1. The average Bonchev–Trinajstić information content (AvgIpc) is 2.96. The number of β-amino-alcohol motifs (C(OH)–C–C–N with tert-alkyl or cyclic N) is 1. The van der Waals surface area contributed by atoms with Crippen LogP contribution >= 0.6 is 0 Å². The third kappa shape index (κ3) is 2.99. The molecule has 0 bridgehead atoms. The highest BCUT2D eigenvalue weighted by Gasteiger charge is 2.36. The summed E-state index contributed by atoms with van der Waals surface area (Å²) in [5, 5.41) is 18.9. The Balaban J connectivity index is 1.93. The number of halogens is 1. The Morgan fingerprint density at radius 1 is 1.42 bits per heavy atom. The Kier molecular flexibility index (Phi) is 4.28. The topological polar surface area (TPSA) is 77.2 Å². The number of aromatic nitrogens is 1. The van der Waals surface area contributed by atoms with Gasteiger partial charge in [0.1, 0.15) is 17.6 Å². The number of nitriles is 1. The van der Waals surface area contributed by atoms with Gasteiger partial charge in [-0.1, -0.05) is 12.1 Å². The Morgan fingerprint density at radius 3 is 2.88 bits per heavy atom. The number of rotatable bonds is 2. The average molecular weight is 325 g/mol. The molecule has 5 nitrogen and oxygen atoms in total. The van der Waals surface area contributed by atoms with Crippen LogP contribution < -0.4 is 0 Å². The Bertz CT molecular complexity index is 831. The molecule has 6 heteroatoms. The van der Waals surface area contributed by atoms with Gasteiger partial charge in [0.2, 0.25) is 0 Å². The lowest BCUT2D eigenvalue weighted by Crippen LogP contribution is -2.32. The maximum atomic E-state index is 13.5. The molecule has 122 valence electrons. The van der Waals surface area contributed by atoms with Crippen LogP contribution in [-0.4, -0.2) is 33.5 Å². The minimum absolute atomic E-state index is 0.167. The summed E-state index contributed by atoms with van der Waals surface area (Å²) >= 11 is 0. The van der Waals surface area contributed by atoms with Gasteiger partial charge in [0, 0.05) is 6.54 Å². The largest absolute Gasteiger partial charge is 0.391 e. The van der Waals surface area contributed by atoms with Crippen LogP contribution in [0.4, 0.5) is 4.39 Å². The molecular formula is C18H16FN3O2. The molecule has 2 aromatic rings. The van der Waals surface area contributed by atoms with Crippen molar-refractivity contribution in [2.75, 3.05) is 6.54 Å². The molecule has 1 fully saturated rings. The van der Waals surface area contributed by atoms with Gasteiger partial charge in [-0.2, -0.15) is 5.26 Å². The Morgan fingerprint density at radius 2 is 2.21 bits per heavy atom. The lowest BCUT2D eigenvalue weighted by molar-refractivity contribution is 0.0709. The van der Waals surface area contributed by atoms with Crippen molar-refractivity contribution in [3.63, 3.8) is 0 Å². The third-order valence-corrected chi connectivity index (χ3v) is 4.20. The second kappa shape index (κ2) is 6.38. The van der Waals surface area contributed by atoms with Crippen LogP contribution in [0, 0.1) is 24.1 Å². The van der Waals surface area contributed by atoms with Gasteiger partial charge in [-0.3, -0.25) is 4.79 Å². The lowest BCUT2D eigenvalue weighted by Gasteiger charge is -2.24. The first-order valence-electron chi connectivity index (χ1n) is 7.62. The van der Waals surface area contributed by atoms with Crippen LogP contribution in [0.15, 0.2) is 36.4 Å². The molecule has 0 radical (unpaired) electrons. The minimum Gasteiger partial charge on any atom is -0.391 e. The van der Waals surface area contributed by atoms with E-state index in [1.54, 1.807) is 25.1 Å². The zero-order chi connectivity index (χ0) is 17.3. The monoisotopic (exact) mass is 325 g/mol. The van der Waals surface area contributed by atoms with Gasteiger partial charge in [-0.15, -0.1) is 0 Å². The summed E-state index contributed by atoms with van der Waals surface area (Å²) in [5.74, 6) is -0.720. The Labute approximate surface area is 139 Å². The molecule has 1 N–H and O–H groups in total. The summed E-state index contributed by atoms with van der Waals surface area (Å²) < 4.78 is 13.5. The number of pyridine rings is 1. The highest BCUT2D eigenvalue weighted by atomic mass is 19.1. The molecule has 1 amide bonds. The first kappa shape index (κ1) is 16.1. The van der Waals surface area contributed by atoms with Crippen LogP contribution in [0.5, 0.6) is 0 Å². The fourth-order valence-corrected chi connectivity index (χ4v) is 3.01. The van der Waals surface area contributed by atoms with Crippen molar-refractivity contribution in [1.82, 2.24) is 9.88 Å². The predicted molar refractivity (Wildman–Crippen MR) is 84.5 cm³/mol. The van der Waals surface area contributed by atoms with Crippen molar-refractivity contribution in [2.45, 2.75) is 25.5 Å². The molecule has 0 aliphatic carbocycles. The van der Waals surface area contributed by atoms with E-state index in [-0.39, 0.29) is 24.0 Å². The number of likely N-dealkylation sites (tertiary alicyclic amines) is 1. The van der Waals surface area contributed by atoms with Crippen molar-refractivity contribution in [3.8, 4) is 6.07 Å². The first-order valence-corrected chi connectivity index (χ1v) is 7.62. The zero-order valence-electron chi connectivity index (χ0n) is 13.1. The summed E-state index contributed by atoms with van der Waals surface area (Å²) in [6.45, 7) is 1.83. The van der Waals surface area contributed by atoms with Gasteiger partial charge in [-0.05, 0) is 43.2 Å². The highest BCUT2D eigenvalue weighted by molar-refractivity contribution is 5.93. The molecule has 0 saturated carbocycles. The number of hydrogen-bond acceptors (Lipinski definition) is 4. The van der Waals surface area contributed by atoms with Crippen molar-refractivity contribution in [3.05, 3.63) is 64.7 Å². The van der Waals surface area contributed by atoms with Crippen LogP contribution in [0.3, 0.4) is 0 Å². The Hall–Kier alpha value is -2.78. The third-order valence-electron chi connectivity index (χ3n) is 4.20. The molecular weight excluding hydrogens is 309 g/mol. The molecule has 1 aliphatic rings. The summed E-state index contributed by atoms with van der Waals surface area (Å²) in [5.41, 5.74) is 1.74. The van der Waals surface area contributed by atoms with Gasteiger partial charge in [0.15, 0.2) is 0 Å². The van der Waals surface area contributed by atoms with Crippen molar-refractivity contribution < 1.29 is 14.3 Å². The summed E-state index contributed by atoms with van der Waals surface area (Å²) in [4.78, 5) is 18.5. The van der Waals surface area contributed by atoms with E-state index < -0.39 is 12.1 Å². The minimum atomic E-state index is -0.665. The molecule has 1 aromatic carbocycles. The maximum absolute atomic E-state index is 13.5. The fraction of sp³-hybridized carbons (Fsp3) is 0.278.